The Morgan fingerprint density at radius 1 is 1.55 bits per heavy atom. The molecular weight excluding hydrogens is 252 g/mol. The van der Waals surface area contributed by atoms with E-state index in [4.69, 9.17) is 10.5 Å². The molecular formula is C16H24N2O2. The number of hydrogen-bond donors (Lipinski definition) is 2. The predicted molar refractivity (Wildman–Crippen MR) is 81.7 cm³/mol. The van der Waals surface area contributed by atoms with Gasteiger partial charge in [-0.3, -0.25) is 4.79 Å². The summed E-state index contributed by atoms with van der Waals surface area (Å²) in [5.74, 6) is 0.535. The summed E-state index contributed by atoms with van der Waals surface area (Å²) in [7, 11) is 0. The van der Waals surface area contributed by atoms with Crippen molar-refractivity contribution in [2.45, 2.75) is 38.8 Å². The van der Waals surface area contributed by atoms with Crippen molar-refractivity contribution in [3.8, 4) is 5.75 Å². The van der Waals surface area contributed by atoms with Crippen molar-refractivity contribution < 1.29 is 9.53 Å². The maximum Gasteiger partial charge on any atom is 0.261 e. The highest BCUT2D eigenvalue weighted by atomic mass is 16.5. The molecule has 110 valence electrons. The van der Waals surface area contributed by atoms with E-state index in [1.54, 1.807) is 13.0 Å². The zero-order valence-corrected chi connectivity index (χ0v) is 12.3. The summed E-state index contributed by atoms with van der Waals surface area (Å²) < 4.78 is 5.64. The number of carbonyl (C=O) groups is 1. The Hall–Kier alpha value is -1.81. The standard InChI is InChI=1S/C16H24N2O2/c1-4-9-18-16(19)12(3)20-15-8-6-7-13(11-15)10-14(17)5-2/h4,6-8,11-12,14H,1,5,9-10,17H2,2-3H3,(H,18,19). The maximum atomic E-state index is 11.7. The molecule has 0 fully saturated rings. The summed E-state index contributed by atoms with van der Waals surface area (Å²) in [5.41, 5.74) is 7.07. The van der Waals surface area contributed by atoms with Gasteiger partial charge in [0, 0.05) is 12.6 Å². The number of carbonyl (C=O) groups excluding carboxylic acids is 1. The van der Waals surface area contributed by atoms with Gasteiger partial charge in [-0.05, 0) is 37.5 Å². The highest BCUT2D eigenvalue weighted by Gasteiger charge is 2.13. The van der Waals surface area contributed by atoms with Gasteiger partial charge >= 0.3 is 0 Å². The average Bonchev–Trinajstić information content (AvgIpc) is 2.44. The monoisotopic (exact) mass is 276 g/mol. The fourth-order valence-corrected chi connectivity index (χ4v) is 1.77. The summed E-state index contributed by atoms with van der Waals surface area (Å²) in [6, 6.07) is 7.87. The van der Waals surface area contributed by atoms with Crippen LogP contribution in [0.2, 0.25) is 0 Å². The molecule has 0 aliphatic carbocycles. The third-order valence-corrected chi connectivity index (χ3v) is 3.02. The van der Waals surface area contributed by atoms with Gasteiger partial charge in [-0.1, -0.05) is 25.1 Å². The maximum absolute atomic E-state index is 11.7. The van der Waals surface area contributed by atoms with Gasteiger partial charge in [0.2, 0.25) is 0 Å². The van der Waals surface area contributed by atoms with E-state index in [0.29, 0.717) is 12.3 Å². The number of rotatable bonds is 8. The smallest absolute Gasteiger partial charge is 0.261 e. The molecule has 1 rings (SSSR count). The molecule has 0 radical (unpaired) electrons. The molecule has 0 saturated heterocycles. The van der Waals surface area contributed by atoms with Crippen molar-refractivity contribution in [1.82, 2.24) is 5.32 Å². The molecule has 20 heavy (non-hydrogen) atoms. The Bertz CT molecular complexity index is 446. The van der Waals surface area contributed by atoms with Crippen LogP contribution in [0.15, 0.2) is 36.9 Å². The van der Waals surface area contributed by atoms with Crippen LogP contribution in [0.4, 0.5) is 0 Å². The van der Waals surface area contributed by atoms with Crippen LogP contribution in [-0.2, 0) is 11.2 Å². The second kappa shape index (κ2) is 8.38. The van der Waals surface area contributed by atoms with Crippen LogP contribution in [0.5, 0.6) is 5.75 Å². The van der Waals surface area contributed by atoms with Crippen molar-refractivity contribution in [1.29, 1.82) is 0 Å². The second-order valence-electron chi connectivity index (χ2n) is 4.81. The normalized spacial score (nSPS) is 13.3. The summed E-state index contributed by atoms with van der Waals surface area (Å²) in [6.07, 6.45) is 2.85. The molecule has 1 amide bonds. The van der Waals surface area contributed by atoms with E-state index in [9.17, 15) is 4.79 Å². The second-order valence-corrected chi connectivity index (χ2v) is 4.81. The molecule has 0 spiro atoms. The SMILES string of the molecule is C=CCNC(=O)C(C)Oc1cccc(CC(N)CC)c1. The van der Waals surface area contributed by atoms with Gasteiger partial charge in [-0.2, -0.15) is 0 Å². The van der Waals surface area contributed by atoms with Crippen LogP contribution in [0.1, 0.15) is 25.8 Å². The van der Waals surface area contributed by atoms with Gasteiger partial charge in [0.15, 0.2) is 6.10 Å². The largest absolute Gasteiger partial charge is 0.481 e. The lowest BCUT2D eigenvalue weighted by molar-refractivity contribution is -0.127. The van der Waals surface area contributed by atoms with Gasteiger partial charge in [0.1, 0.15) is 5.75 Å². The molecule has 0 aromatic heterocycles. The van der Waals surface area contributed by atoms with E-state index in [-0.39, 0.29) is 11.9 Å². The van der Waals surface area contributed by atoms with Crippen LogP contribution in [-0.4, -0.2) is 24.6 Å². The first-order valence-corrected chi connectivity index (χ1v) is 6.96. The first-order chi connectivity index (χ1) is 9.56. The molecule has 2 atom stereocenters. The lowest BCUT2D eigenvalue weighted by Gasteiger charge is -2.15. The van der Waals surface area contributed by atoms with E-state index in [2.05, 4.69) is 18.8 Å². The molecule has 0 saturated carbocycles. The van der Waals surface area contributed by atoms with Crippen LogP contribution in [0.3, 0.4) is 0 Å². The fraction of sp³-hybridized carbons (Fsp3) is 0.438. The van der Waals surface area contributed by atoms with Crippen molar-refractivity contribution in [3.05, 3.63) is 42.5 Å². The average molecular weight is 276 g/mol. The first-order valence-electron chi connectivity index (χ1n) is 6.96. The highest BCUT2D eigenvalue weighted by Crippen LogP contribution is 2.16. The Labute approximate surface area is 121 Å². The Morgan fingerprint density at radius 3 is 2.95 bits per heavy atom. The minimum Gasteiger partial charge on any atom is -0.481 e. The van der Waals surface area contributed by atoms with Crippen molar-refractivity contribution >= 4 is 5.91 Å². The van der Waals surface area contributed by atoms with Crippen molar-refractivity contribution in [2.24, 2.45) is 5.73 Å². The highest BCUT2D eigenvalue weighted by molar-refractivity contribution is 5.80. The summed E-state index contributed by atoms with van der Waals surface area (Å²) in [4.78, 5) is 11.7. The number of nitrogens with two attached hydrogens (primary N) is 1. The Kier molecular flexibility index (Phi) is 6.81. The number of hydrogen-bond acceptors (Lipinski definition) is 3. The van der Waals surface area contributed by atoms with Crippen LogP contribution in [0, 0.1) is 0 Å². The molecule has 1 aromatic rings. The zero-order chi connectivity index (χ0) is 15.0. The molecule has 3 N–H and O–H groups in total. The van der Waals surface area contributed by atoms with E-state index in [0.717, 1.165) is 18.4 Å². The zero-order valence-electron chi connectivity index (χ0n) is 12.3. The quantitative estimate of drug-likeness (QED) is 0.714. The number of ether oxygens (including phenoxy) is 1. The predicted octanol–water partition coefficient (Wildman–Crippen LogP) is 2.04. The molecule has 0 aliphatic heterocycles. The van der Waals surface area contributed by atoms with Crippen LogP contribution >= 0.6 is 0 Å². The number of amides is 1. The van der Waals surface area contributed by atoms with E-state index in [1.807, 2.05) is 24.3 Å². The molecule has 2 unspecified atom stereocenters. The van der Waals surface area contributed by atoms with Gasteiger partial charge in [-0.15, -0.1) is 6.58 Å². The third-order valence-electron chi connectivity index (χ3n) is 3.02. The van der Waals surface area contributed by atoms with E-state index in [1.165, 1.54) is 0 Å². The Balaban J connectivity index is 2.61. The third kappa shape index (κ3) is 5.45. The van der Waals surface area contributed by atoms with E-state index < -0.39 is 6.10 Å². The van der Waals surface area contributed by atoms with Crippen LogP contribution < -0.4 is 15.8 Å². The molecule has 0 heterocycles. The molecule has 0 aliphatic rings. The van der Waals surface area contributed by atoms with Gasteiger partial charge in [0.05, 0.1) is 0 Å². The minimum absolute atomic E-state index is 0.151. The Morgan fingerprint density at radius 2 is 2.30 bits per heavy atom. The number of nitrogens with one attached hydrogen (secondary N) is 1. The summed E-state index contributed by atoms with van der Waals surface area (Å²) in [6.45, 7) is 7.79. The van der Waals surface area contributed by atoms with E-state index >= 15 is 0 Å². The topological polar surface area (TPSA) is 64.3 Å². The lowest BCUT2D eigenvalue weighted by atomic mass is 10.0. The first kappa shape index (κ1) is 16.2. The van der Waals surface area contributed by atoms with Crippen molar-refractivity contribution in [3.63, 3.8) is 0 Å². The van der Waals surface area contributed by atoms with Gasteiger partial charge in [-0.25, -0.2) is 0 Å². The van der Waals surface area contributed by atoms with Gasteiger partial charge < -0.3 is 15.8 Å². The fourth-order valence-electron chi connectivity index (χ4n) is 1.77. The van der Waals surface area contributed by atoms with Gasteiger partial charge in [0.25, 0.3) is 5.91 Å². The molecule has 4 nitrogen and oxygen atoms in total. The lowest BCUT2D eigenvalue weighted by Crippen LogP contribution is -2.36. The minimum atomic E-state index is -0.537. The molecule has 1 aromatic carbocycles. The molecule has 4 heteroatoms. The van der Waals surface area contributed by atoms with Crippen LogP contribution in [0.25, 0.3) is 0 Å². The summed E-state index contributed by atoms with van der Waals surface area (Å²) in [5, 5.41) is 2.71. The number of benzene rings is 1. The molecule has 0 bridgehead atoms. The van der Waals surface area contributed by atoms with Crippen molar-refractivity contribution in [2.75, 3.05) is 6.54 Å². The summed E-state index contributed by atoms with van der Waals surface area (Å²) >= 11 is 0.